The van der Waals surface area contributed by atoms with Crippen LogP contribution in [0, 0.1) is 5.92 Å². The molecule has 1 aliphatic carbocycles. The highest BCUT2D eigenvalue weighted by molar-refractivity contribution is 5.33. The number of ether oxygens (including phenoxy) is 1. The van der Waals surface area contributed by atoms with Gasteiger partial charge in [0.25, 0.3) is 0 Å². The lowest BCUT2D eigenvalue weighted by Gasteiger charge is -2.34. The molecule has 112 valence electrons. The average molecular weight is 275 g/mol. The van der Waals surface area contributed by atoms with Crippen LogP contribution in [0.3, 0.4) is 0 Å². The molecule has 0 aliphatic heterocycles. The summed E-state index contributed by atoms with van der Waals surface area (Å²) in [5, 5.41) is 3.69. The summed E-state index contributed by atoms with van der Waals surface area (Å²) < 4.78 is 5.76. The number of nitrogens with one attached hydrogen (secondary N) is 1. The van der Waals surface area contributed by atoms with E-state index in [0.29, 0.717) is 12.0 Å². The summed E-state index contributed by atoms with van der Waals surface area (Å²) in [6.07, 6.45) is 6.08. The maximum absolute atomic E-state index is 5.76. The second kappa shape index (κ2) is 8.43. The summed E-state index contributed by atoms with van der Waals surface area (Å²) in [7, 11) is 0. The van der Waals surface area contributed by atoms with Gasteiger partial charge in [0.1, 0.15) is 0 Å². The van der Waals surface area contributed by atoms with Crippen LogP contribution >= 0.6 is 0 Å². The molecule has 0 saturated heterocycles. The highest BCUT2D eigenvalue weighted by atomic mass is 16.5. The van der Waals surface area contributed by atoms with E-state index in [2.05, 4.69) is 43.4 Å². The maximum Gasteiger partial charge on any atom is 0.0469 e. The van der Waals surface area contributed by atoms with Gasteiger partial charge in [-0.3, -0.25) is 0 Å². The number of benzene rings is 1. The largest absolute Gasteiger partial charge is 0.381 e. The van der Waals surface area contributed by atoms with E-state index in [-0.39, 0.29) is 0 Å². The fourth-order valence-electron chi connectivity index (χ4n) is 3.22. The predicted octanol–water partition coefficient (Wildman–Crippen LogP) is 4.11. The molecular formula is C18H29NO. The number of hydrogen-bond donors (Lipinski definition) is 1. The van der Waals surface area contributed by atoms with E-state index in [4.69, 9.17) is 4.74 Å². The first-order valence-electron chi connectivity index (χ1n) is 8.25. The number of rotatable bonds is 8. The number of hydrogen-bond acceptors (Lipinski definition) is 2. The van der Waals surface area contributed by atoms with Crippen LogP contribution in [0.4, 0.5) is 0 Å². The van der Waals surface area contributed by atoms with E-state index in [1.54, 1.807) is 0 Å². The van der Waals surface area contributed by atoms with Crippen LogP contribution in [-0.4, -0.2) is 19.8 Å². The Bertz CT molecular complexity index is 391. The summed E-state index contributed by atoms with van der Waals surface area (Å²) in [4.78, 5) is 0. The average Bonchev–Trinajstić information content (AvgIpc) is 2.49. The van der Waals surface area contributed by atoms with Crippen molar-refractivity contribution >= 4 is 0 Å². The van der Waals surface area contributed by atoms with Crippen molar-refractivity contribution in [1.29, 1.82) is 0 Å². The van der Waals surface area contributed by atoms with Gasteiger partial charge in [0, 0.05) is 19.3 Å². The van der Waals surface area contributed by atoms with Gasteiger partial charge in [0.05, 0.1) is 0 Å². The highest BCUT2D eigenvalue weighted by Crippen LogP contribution is 2.36. The van der Waals surface area contributed by atoms with Gasteiger partial charge in [0.15, 0.2) is 0 Å². The van der Waals surface area contributed by atoms with E-state index in [0.717, 1.165) is 19.8 Å². The predicted molar refractivity (Wildman–Crippen MR) is 85.0 cm³/mol. The van der Waals surface area contributed by atoms with Crippen LogP contribution in [0.25, 0.3) is 0 Å². The van der Waals surface area contributed by atoms with Gasteiger partial charge < -0.3 is 10.1 Å². The summed E-state index contributed by atoms with van der Waals surface area (Å²) >= 11 is 0. The molecule has 0 saturated carbocycles. The molecular weight excluding hydrogens is 246 g/mol. The Morgan fingerprint density at radius 2 is 2.05 bits per heavy atom. The molecule has 1 N–H and O–H groups in total. The van der Waals surface area contributed by atoms with Crippen LogP contribution in [0.1, 0.15) is 56.7 Å². The van der Waals surface area contributed by atoms with Crippen molar-refractivity contribution in [2.75, 3.05) is 19.8 Å². The first-order valence-corrected chi connectivity index (χ1v) is 8.25. The molecule has 0 bridgehead atoms. The zero-order valence-corrected chi connectivity index (χ0v) is 13.0. The Hall–Kier alpha value is -0.860. The Morgan fingerprint density at radius 3 is 2.85 bits per heavy atom. The molecule has 2 rings (SSSR count). The molecule has 0 fully saturated rings. The Balaban J connectivity index is 1.92. The molecule has 0 heterocycles. The first kappa shape index (κ1) is 15.5. The third kappa shape index (κ3) is 4.07. The summed E-state index contributed by atoms with van der Waals surface area (Å²) in [6.45, 7) is 7.28. The molecule has 1 aromatic rings. The van der Waals surface area contributed by atoms with Gasteiger partial charge in [0.2, 0.25) is 0 Å². The molecule has 2 heteroatoms. The molecule has 1 aliphatic rings. The number of fused-ring (bicyclic) bond motifs is 1. The second-order valence-electron chi connectivity index (χ2n) is 5.79. The Kier molecular flexibility index (Phi) is 6.55. The van der Waals surface area contributed by atoms with E-state index in [9.17, 15) is 0 Å². The minimum absolute atomic E-state index is 0.514. The van der Waals surface area contributed by atoms with Gasteiger partial charge in [-0.25, -0.2) is 0 Å². The van der Waals surface area contributed by atoms with Crippen molar-refractivity contribution in [2.45, 2.75) is 52.0 Å². The van der Waals surface area contributed by atoms with Crippen molar-refractivity contribution in [3.05, 3.63) is 35.4 Å². The number of unbranched alkanes of at least 4 members (excludes halogenated alkanes) is 1. The zero-order chi connectivity index (χ0) is 14.2. The van der Waals surface area contributed by atoms with Crippen molar-refractivity contribution < 1.29 is 4.74 Å². The molecule has 0 amide bonds. The monoisotopic (exact) mass is 275 g/mol. The molecule has 0 radical (unpaired) electrons. The van der Waals surface area contributed by atoms with Crippen molar-refractivity contribution in [1.82, 2.24) is 5.32 Å². The molecule has 2 nitrogen and oxygen atoms in total. The summed E-state index contributed by atoms with van der Waals surface area (Å²) in [5.74, 6) is 0.714. The van der Waals surface area contributed by atoms with Crippen molar-refractivity contribution in [3.8, 4) is 0 Å². The minimum Gasteiger partial charge on any atom is -0.381 e. The highest BCUT2D eigenvalue weighted by Gasteiger charge is 2.28. The van der Waals surface area contributed by atoms with Crippen LogP contribution < -0.4 is 5.32 Å². The van der Waals surface area contributed by atoms with Gasteiger partial charge in [-0.05, 0) is 49.3 Å². The quantitative estimate of drug-likeness (QED) is 0.721. The lowest BCUT2D eigenvalue weighted by molar-refractivity contribution is 0.108. The number of aryl methyl sites for hydroxylation is 1. The zero-order valence-electron chi connectivity index (χ0n) is 13.0. The van der Waals surface area contributed by atoms with Gasteiger partial charge in [-0.15, -0.1) is 0 Å². The third-order valence-corrected chi connectivity index (χ3v) is 4.35. The molecule has 1 aromatic carbocycles. The SMILES string of the molecule is CCCCOCCC1CCc2ccccc2C1NCC. The summed E-state index contributed by atoms with van der Waals surface area (Å²) in [6, 6.07) is 9.43. The van der Waals surface area contributed by atoms with E-state index < -0.39 is 0 Å². The van der Waals surface area contributed by atoms with E-state index in [1.165, 1.54) is 43.2 Å². The molecule has 0 spiro atoms. The molecule has 2 atom stereocenters. The topological polar surface area (TPSA) is 21.3 Å². The Morgan fingerprint density at radius 1 is 1.20 bits per heavy atom. The van der Waals surface area contributed by atoms with Crippen LogP contribution in [0.5, 0.6) is 0 Å². The second-order valence-corrected chi connectivity index (χ2v) is 5.79. The molecule has 20 heavy (non-hydrogen) atoms. The van der Waals surface area contributed by atoms with Crippen LogP contribution in [0.2, 0.25) is 0 Å². The van der Waals surface area contributed by atoms with Gasteiger partial charge >= 0.3 is 0 Å². The fraction of sp³-hybridized carbons (Fsp3) is 0.667. The van der Waals surface area contributed by atoms with Crippen LogP contribution in [0.15, 0.2) is 24.3 Å². The normalized spacial score (nSPS) is 21.7. The maximum atomic E-state index is 5.76. The summed E-state index contributed by atoms with van der Waals surface area (Å²) in [5.41, 5.74) is 3.04. The Labute approximate surface area is 123 Å². The van der Waals surface area contributed by atoms with Crippen molar-refractivity contribution in [2.24, 2.45) is 5.92 Å². The molecule has 0 aromatic heterocycles. The third-order valence-electron chi connectivity index (χ3n) is 4.35. The lowest BCUT2D eigenvalue weighted by Crippen LogP contribution is -2.33. The van der Waals surface area contributed by atoms with E-state index in [1.807, 2.05) is 0 Å². The first-order chi connectivity index (χ1) is 9.86. The lowest BCUT2D eigenvalue weighted by atomic mass is 9.78. The van der Waals surface area contributed by atoms with Gasteiger partial charge in [-0.1, -0.05) is 44.5 Å². The fourth-order valence-corrected chi connectivity index (χ4v) is 3.22. The smallest absolute Gasteiger partial charge is 0.0469 e. The van der Waals surface area contributed by atoms with E-state index >= 15 is 0 Å². The standard InChI is InChI=1S/C18H29NO/c1-3-5-13-20-14-12-16-11-10-15-8-6-7-9-17(15)18(16)19-4-2/h6-9,16,18-19H,3-5,10-14H2,1-2H3. The van der Waals surface area contributed by atoms with Crippen LogP contribution in [-0.2, 0) is 11.2 Å². The molecule has 2 unspecified atom stereocenters. The minimum atomic E-state index is 0.514. The van der Waals surface area contributed by atoms with Gasteiger partial charge in [-0.2, -0.15) is 0 Å². The van der Waals surface area contributed by atoms with Crippen molar-refractivity contribution in [3.63, 3.8) is 0 Å².